The van der Waals surface area contributed by atoms with Gasteiger partial charge >= 0.3 is 0 Å². The molecule has 32 heavy (non-hydrogen) atoms. The Morgan fingerprint density at radius 1 is 1.25 bits per heavy atom. The first-order chi connectivity index (χ1) is 15.6. The highest BCUT2D eigenvalue weighted by Crippen LogP contribution is 2.28. The van der Waals surface area contributed by atoms with Crippen molar-refractivity contribution in [1.29, 1.82) is 0 Å². The van der Waals surface area contributed by atoms with E-state index in [2.05, 4.69) is 27.0 Å². The molecule has 2 aliphatic heterocycles. The average Bonchev–Trinajstić information content (AvgIpc) is 3.45. The van der Waals surface area contributed by atoms with E-state index in [0.717, 1.165) is 60.1 Å². The minimum Gasteiger partial charge on any atom is -0.376 e. The van der Waals surface area contributed by atoms with E-state index in [9.17, 15) is 9.59 Å². The number of ether oxygens (including phenoxy) is 1. The summed E-state index contributed by atoms with van der Waals surface area (Å²) in [5.41, 5.74) is 4.23. The molecule has 4 heterocycles. The molecule has 0 bridgehead atoms. The van der Waals surface area contributed by atoms with Crippen molar-refractivity contribution >= 4 is 28.4 Å². The summed E-state index contributed by atoms with van der Waals surface area (Å²) in [7, 11) is 2.00. The van der Waals surface area contributed by atoms with Gasteiger partial charge in [-0.2, -0.15) is 0 Å². The van der Waals surface area contributed by atoms with E-state index in [1.165, 1.54) is 0 Å². The van der Waals surface area contributed by atoms with Crippen LogP contribution in [0.25, 0.3) is 10.9 Å². The number of nitrogens with one attached hydrogen (secondary N) is 1. The molecular weight excluding hydrogens is 404 g/mol. The summed E-state index contributed by atoms with van der Waals surface area (Å²) >= 11 is 0. The monoisotopic (exact) mass is 432 g/mol. The van der Waals surface area contributed by atoms with Gasteiger partial charge in [0, 0.05) is 50.0 Å². The topological polar surface area (TPSA) is 76.5 Å². The van der Waals surface area contributed by atoms with Crippen LogP contribution in [0.2, 0.25) is 0 Å². The third-order valence-electron chi connectivity index (χ3n) is 6.43. The number of nitrogens with zero attached hydrogens (tertiary/aromatic N) is 3. The number of anilines is 1. The number of aromatic nitrogens is 2. The van der Waals surface area contributed by atoms with Crippen LogP contribution in [0.5, 0.6) is 0 Å². The van der Waals surface area contributed by atoms with E-state index in [1.807, 2.05) is 31.4 Å². The number of carbonyl (C=O) groups excluding carboxylic acids is 2. The van der Waals surface area contributed by atoms with Gasteiger partial charge in [0.15, 0.2) is 0 Å². The first kappa shape index (κ1) is 20.7. The summed E-state index contributed by atoms with van der Waals surface area (Å²) in [4.78, 5) is 32.3. The summed E-state index contributed by atoms with van der Waals surface area (Å²) in [6.45, 7) is 1.90. The van der Waals surface area contributed by atoms with Gasteiger partial charge < -0.3 is 19.5 Å². The van der Waals surface area contributed by atoms with Crippen LogP contribution in [0.3, 0.4) is 0 Å². The van der Waals surface area contributed by atoms with E-state index >= 15 is 0 Å². The SMILES string of the molecule is Cn1cc(CC(=O)N2CCCc3ncc(C(=O)NCC4CCCO4)cc32)c2ccccc21. The summed E-state index contributed by atoms with van der Waals surface area (Å²) in [6, 6.07) is 9.93. The second-order valence-corrected chi connectivity index (χ2v) is 8.64. The summed E-state index contributed by atoms with van der Waals surface area (Å²) < 4.78 is 7.64. The molecule has 2 amide bonds. The number of hydrogen-bond donors (Lipinski definition) is 1. The Kier molecular flexibility index (Phi) is 5.66. The quantitative estimate of drug-likeness (QED) is 0.673. The number of carbonyl (C=O) groups is 2. The summed E-state index contributed by atoms with van der Waals surface area (Å²) in [5.74, 6) is -0.149. The van der Waals surface area contributed by atoms with Crippen LogP contribution in [0.1, 0.15) is 40.9 Å². The van der Waals surface area contributed by atoms with Gasteiger partial charge in [0.05, 0.1) is 29.5 Å². The van der Waals surface area contributed by atoms with Gasteiger partial charge in [-0.3, -0.25) is 14.6 Å². The van der Waals surface area contributed by atoms with Crippen LogP contribution >= 0.6 is 0 Å². The number of fused-ring (bicyclic) bond motifs is 2. The number of pyridine rings is 1. The van der Waals surface area contributed by atoms with Crippen molar-refractivity contribution in [2.75, 3.05) is 24.6 Å². The normalized spacial score (nSPS) is 18.0. The lowest BCUT2D eigenvalue weighted by Gasteiger charge is -2.29. The minimum atomic E-state index is -0.178. The molecule has 0 radical (unpaired) electrons. The predicted molar refractivity (Wildman–Crippen MR) is 123 cm³/mol. The second kappa shape index (κ2) is 8.74. The molecule has 166 valence electrons. The fraction of sp³-hybridized carbons (Fsp3) is 0.400. The summed E-state index contributed by atoms with van der Waals surface area (Å²) in [5, 5.41) is 4.04. The molecule has 5 rings (SSSR count). The largest absolute Gasteiger partial charge is 0.376 e. The maximum Gasteiger partial charge on any atom is 0.253 e. The molecule has 0 saturated carbocycles. The highest BCUT2D eigenvalue weighted by Gasteiger charge is 2.26. The fourth-order valence-electron chi connectivity index (χ4n) is 4.75. The summed E-state index contributed by atoms with van der Waals surface area (Å²) in [6.07, 6.45) is 7.73. The standard InChI is InChI=1S/C25H28N4O3/c1-28-16-18(20-7-2-3-9-22(20)28)13-24(30)29-10-4-8-21-23(29)12-17(14-26-21)25(31)27-15-19-6-5-11-32-19/h2-3,7,9,12,14,16,19H,4-6,8,10-11,13,15H2,1H3,(H,27,31). The first-order valence-electron chi connectivity index (χ1n) is 11.3. The van der Waals surface area contributed by atoms with Crippen molar-refractivity contribution < 1.29 is 14.3 Å². The zero-order valence-corrected chi connectivity index (χ0v) is 18.3. The minimum absolute atomic E-state index is 0.0287. The molecular formula is C25H28N4O3. The highest BCUT2D eigenvalue weighted by atomic mass is 16.5. The van der Waals surface area contributed by atoms with Gasteiger partial charge in [-0.1, -0.05) is 18.2 Å². The molecule has 1 unspecified atom stereocenters. The lowest BCUT2D eigenvalue weighted by Crippen LogP contribution is -2.37. The van der Waals surface area contributed by atoms with Crippen LogP contribution in [0, 0.1) is 0 Å². The average molecular weight is 433 g/mol. The number of benzene rings is 1. The third kappa shape index (κ3) is 4.00. The van der Waals surface area contributed by atoms with Crippen LogP contribution in [-0.4, -0.2) is 47.2 Å². The third-order valence-corrected chi connectivity index (χ3v) is 6.43. The van der Waals surface area contributed by atoms with Crippen molar-refractivity contribution in [3.63, 3.8) is 0 Å². The fourth-order valence-corrected chi connectivity index (χ4v) is 4.75. The van der Waals surface area contributed by atoms with Gasteiger partial charge in [0.25, 0.3) is 5.91 Å². The zero-order valence-electron chi connectivity index (χ0n) is 18.3. The van der Waals surface area contributed by atoms with E-state index < -0.39 is 0 Å². The second-order valence-electron chi connectivity index (χ2n) is 8.64. The number of amides is 2. The zero-order chi connectivity index (χ0) is 22.1. The van der Waals surface area contributed by atoms with Gasteiger partial charge in [-0.05, 0) is 43.4 Å². The van der Waals surface area contributed by atoms with E-state index in [0.29, 0.717) is 25.1 Å². The van der Waals surface area contributed by atoms with Crippen LogP contribution in [0.4, 0.5) is 5.69 Å². The van der Waals surface area contributed by atoms with Gasteiger partial charge in [0.1, 0.15) is 0 Å². The molecule has 1 saturated heterocycles. The van der Waals surface area contributed by atoms with Crippen molar-refractivity contribution in [2.24, 2.45) is 7.05 Å². The number of rotatable bonds is 5. The molecule has 1 aromatic carbocycles. The highest BCUT2D eigenvalue weighted by molar-refractivity contribution is 6.00. The Morgan fingerprint density at radius 2 is 2.12 bits per heavy atom. The number of aryl methyl sites for hydroxylation is 2. The molecule has 7 nitrogen and oxygen atoms in total. The first-order valence-corrected chi connectivity index (χ1v) is 11.3. The molecule has 1 atom stereocenters. The number of para-hydroxylation sites is 1. The Morgan fingerprint density at radius 3 is 2.97 bits per heavy atom. The van der Waals surface area contributed by atoms with Crippen LogP contribution in [-0.2, 0) is 29.4 Å². The predicted octanol–water partition coefficient (Wildman–Crippen LogP) is 3.00. The van der Waals surface area contributed by atoms with Gasteiger partial charge in [0.2, 0.25) is 5.91 Å². The Bertz CT molecular complexity index is 1160. The van der Waals surface area contributed by atoms with Crippen molar-refractivity contribution in [3.05, 3.63) is 59.5 Å². The van der Waals surface area contributed by atoms with Crippen molar-refractivity contribution in [2.45, 2.75) is 38.2 Å². The maximum atomic E-state index is 13.3. The Hall–Kier alpha value is -3.19. The molecule has 3 aromatic rings. The van der Waals surface area contributed by atoms with Crippen molar-refractivity contribution in [3.8, 4) is 0 Å². The van der Waals surface area contributed by atoms with E-state index in [-0.39, 0.29) is 17.9 Å². The van der Waals surface area contributed by atoms with Gasteiger partial charge in [-0.25, -0.2) is 0 Å². The molecule has 1 N–H and O–H groups in total. The molecule has 0 spiro atoms. The molecule has 2 aliphatic rings. The lowest BCUT2D eigenvalue weighted by molar-refractivity contribution is -0.118. The van der Waals surface area contributed by atoms with Crippen molar-refractivity contribution in [1.82, 2.24) is 14.9 Å². The molecule has 1 fully saturated rings. The molecule has 7 heteroatoms. The van der Waals surface area contributed by atoms with E-state index in [1.54, 1.807) is 11.1 Å². The van der Waals surface area contributed by atoms with Crippen LogP contribution < -0.4 is 10.2 Å². The van der Waals surface area contributed by atoms with Crippen LogP contribution in [0.15, 0.2) is 42.7 Å². The Labute approximate surface area is 187 Å². The number of hydrogen-bond acceptors (Lipinski definition) is 4. The molecule has 2 aromatic heterocycles. The van der Waals surface area contributed by atoms with Gasteiger partial charge in [-0.15, -0.1) is 0 Å². The van der Waals surface area contributed by atoms with E-state index in [4.69, 9.17) is 4.74 Å². The smallest absolute Gasteiger partial charge is 0.253 e. The molecule has 0 aliphatic carbocycles. The lowest BCUT2D eigenvalue weighted by atomic mass is 10.0. The Balaban J connectivity index is 1.35. The maximum absolute atomic E-state index is 13.3.